The van der Waals surface area contributed by atoms with Gasteiger partial charge in [0.2, 0.25) is 5.91 Å². The molecular weight excluding hydrogens is 321 g/mol. The molecule has 0 saturated carbocycles. The van der Waals surface area contributed by atoms with Crippen molar-refractivity contribution in [1.82, 2.24) is 0 Å². The van der Waals surface area contributed by atoms with Crippen molar-refractivity contribution in [2.75, 3.05) is 36.2 Å². The van der Waals surface area contributed by atoms with E-state index in [4.69, 9.17) is 23.2 Å². The topological polar surface area (TPSA) is 44.4 Å². The van der Waals surface area contributed by atoms with Gasteiger partial charge in [0.15, 0.2) is 0 Å². The molecule has 2 rings (SSSR count). The second-order valence-electron chi connectivity index (χ2n) is 4.94. The molecule has 0 atom stereocenters. The summed E-state index contributed by atoms with van der Waals surface area (Å²) in [7, 11) is 3.95. The number of anilines is 3. The lowest BCUT2D eigenvalue weighted by atomic mass is 10.2. The molecule has 22 heavy (non-hydrogen) atoms. The Kier molecular flexibility index (Phi) is 5.52. The minimum atomic E-state index is -0.216. The number of carbonyl (C=O) groups is 1. The summed E-state index contributed by atoms with van der Waals surface area (Å²) in [5, 5.41) is 6.58. The first-order valence-corrected chi connectivity index (χ1v) is 7.48. The van der Waals surface area contributed by atoms with Crippen molar-refractivity contribution in [3.63, 3.8) is 0 Å². The third kappa shape index (κ3) is 4.29. The number of benzene rings is 2. The number of amides is 1. The molecule has 0 radical (unpaired) electrons. The van der Waals surface area contributed by atoms with E-state index in [0.717, 1.165) is 11.4 Å². The maximum Gasteiger partial charge on any atom is 0.243 e. The first kappa shape index (κ1) is 16.5. The van der Waals surface area contributed by atoms with Gasteiger partial charge in [-0.05, 0) is 36.4 Å². The van der Waals surface area contributed by atoms with Gasteiger partial charge in [-0.2, -0.15) is 0 Å². The smallest absolute Gasteiger partial charge is 0.243 e. The maximum atomic E-state index is 12.0. The van der Waals surface area contributed by atoms with Crippen LogP contribution in [0.1, 0.15) is 0 Å². The van der Waals surface area contributed by atoms with Gasteiger partial charge in [-0.25, -0.2) is 0 Å². The Bertz CT molecular complexity index is 637. The molecule has 0 fully saturated rings. The van der Waals surface area contributed by atoms with Gasteiger partial charge < -0.3 is 15.5 Å². The highest BCUT2D eigenvalue weighted by atomic mass is 35.5. The zero-order valence-electron chi connectivity index (χ0n) is 12.4. The molecular formula is C16H17Cl2N3O. The van der Waals surface area contributed by atoms with Crippen LogP contribution >= 0.6 is 23.2 Å². The predicted octanol–water partition coefficient (Wildman–Crippen LogP) is 4.11. The molecule has 0 aliphatic heterocycles. The fourth-order valence-electron chi connectivity index (χ4n) is 1.86. The molecule has 0 unspecified atom stereocenters. The summed E-state index contributed by atoms with van der Waals surface area (Å²) in [6, 6.07) is 12.9. The van der Waals surface area contributed by atoms with Crippen LogP contribution < -0.4 is 15.5 Å². The van der Waals surface area contributed by atoms with Gasteiger partial charge in [-0.15, -0.1) is 0 Å². The molecule has 2 N–H and O–H groups in total. The summed E-state index contributed by atoms with van der Waals surface area (Å²) in [6.45, 7) is 0.128. The van der Waals surface area contributed by atoms with Crippen LogP contribution in [0.15, 0.2) is 42.5 Å². The Hall–Kier alpha value is -1.91. The third-order valence-corrected chi connectivity index (χ3v) is 3.69. The highest BCUT2D eigenvalue weighted by Crippen LogP contribution is 2.29. The molecule has 0 saturated heterocycles. The second kappa shape index (κ2) is 7.38. The molecule has 0 aromatic heterocycles. The van der Waals surface area contributed by atoms with Crippen LogP contribution in [0.5, 0.6) is 0 Å². The minimum absolute atomic E-state index is 0.128. The Labute approximate surface area is 140 Å². The molecule has 2 aromatic rings. The van der Waals surface area contributed by atoms with Crippen LogP contribution in [0, 0.1) is 0 Å². The number of halogens is 2. The van der Waals surface area contributed by atoms with Gasteiger partial charge in [0.1, 0.15) is 0 Å². The van der Waals surface area contributed by atoms with Crippen LogP contribution in [0.3, 0.4) is 0 Å². The first-order chi connectivity index (χ1) is 10.5. The van der Waals surface area contributed by atoms with E-state index < -0.39 is 0 Å². The van der Waals surface area contributed by atoms with Gasteiger partial charge in [0.05, 0.1) is 22.3 Å². The summed E-state index contributed by atoms with van der Waals surface area (Å²) in [5.41, 5.74) is 2.39. The molecule has 6 heteroatoms. The van der Waals surface area contributed by atoms with Crippen LogP contribution in [0.4, 0.5) is 17.1 Å². The second-order valence-corrected chi connectivity index (χ2v) is 5.75. The molecule has 0 aliphatic carbocycles. The Balaban J connectivity index is 1.93. The molecule has 116 valence electrons. The molecule has 0 bridgehead atoms. The van der Waals surface area contributed by atoms with E-state index in [0.29, 0.717) is 15.7 Å². The molecule has 2 aromatic carbocycles. The molecule has 0 heterocycles. The van der Waals surface area contributed by atoms with Crippen LogP contribution in [-0.4, -0.2) is 26.5 Å². The normalized spacial score (nSPS) is 10.2. The van der Waals surface area contributed by atoms with E-state index in [-0.39, 0.29) is 12.5 Å². The first-order valence-electron chi connectivity index (χ1n) is 6.72. The van der Waals surface area contributed by atoms with Crippen molar-refractivity contribution < 1.29 is 4.79 Å². The molecule has 0 spiro atoms. The summed E-state index contributed by atoms with van der Waals surface area (Å²) in [5.74, 6) is -0.216. The van der Waals surface area contributed by atoms with Crippen LogP contribution in [0.2, 0.25) is 10.0 Å². The zero-order valence-corrected chi connectivity index (χ0v) is 13.9. The highest BCUT2D eigenvalue weighted by molar-refractivity contribution is 6.39. The van der Waals surface area contributed by atoms with E-state index in [2.05, 4.69) is 10.6 Å². The average molecular weight is 338 g/mol. The lowest BCUT2D eigenvalue weighted by molar-refractivity contribution is -0.114. The fraction of sp³-hybridized carbons (Fsp3) is 0.188. The van der Waals surface area contributed by atoms with E-state index in [1.165, 1.54) is 0 Å². The third-order valence-electron chi connectivity index (χ3n) is 3.06. The SMILES string of the molecule is CN(C)c1ccc(NCC(=O)Nc2c(Cl)cccc2Cl)cc1. The number of para-hydroxylation sites is 1. The van der Waals surface area contributed by atoms with Gasteiger partial charge in [-0.3, -0.25) is 4.79 Å². The van der Waals surface area contributed by atoms with E-state index in [1.807, 2.05) is 43.3 Å². The monoisotopic (exact) mass is 337 g/mol. The Morgan fingerprint density at radius 2 is 1.64 bits per heavy atom. The van der Waals surface area contributed by atoms with Crippen molar-refractivity contribution in [2.45, 2.75) is 0 Å². The number of nitrogens with one attached hydrogen (secondary N) is 2. The molecule has 4 nitrogen and oxygen atoms in total. The van der Waals surface area contributed by atoms with Gasteiger partial charge in [-0.1, -0.05) is 29.3 Å². The minimum Gasteiger partial charge on any atom is -0.378 e. The largest absolute Gasteiger partial charge is 0.378 e. The van der Waals surface area contributed by atoms with Crippen molar-refractivity contribution >= 4 is 46.2 Å². The summed E-state index contributed by atoms with van der Waals surface area (Å²) in [6.07, 6.45) is 0. The lowest BCUT2D eigenvalue weighted by Gasteiger charge is -2.13. The Morgan fingerprint density at radius 1 is 1.05 bits per heavy atom. The van der Waals surface area contributed by atoms with Crippen molar-refractivity contribution in [3.8, 4) is 0 Å². The summed E-state index contributed by atoms with van der Waals surface area (Å²) < 4.78 is 0. The maximum absolute atomic E-state index is 12.0. The van der Waals surface area contributed by atoms with Crippen molar-refractivity contribution in [1.29, 1.82) is 0 Å². The van der Waals surface area contributed by atoms with E-state index >= 15 is 0 Å². The zero-order chi connectivity index (χ0) is 16.1. The predicted molar refractivity (Wildman–Crippen MR) is 94.4 cm³/mol. The lowest BCUT2D eigenvalue weighted by Crippen LogP contribution is -2.22. The Morgan fingerprint density at radius 3 is 2.18 bits per heavy atom. The number of rotatable bonds is 5. The summed E-state index contributed by atoms with van der Waals surface area (Å²) >= 11 is 12.0. The van der Waals surface area contributed by atoms with Crippen molar-refractivity contribution in [3.05, 3.63) is 52.5 Å². The number of hydrogen-bond acceptors (Lipinski definition) is 3. The van der Waals surface area contributed by atoms with Crippen LogP contribution in [-0.2, 0) is 4.79 Å². The summed E-state index contributed by atoms with van der Waals surface area (Å²) in [4.78, 5) is 14.0. The number of nitrogens with zero attached hydrogens (tertiary/aromatic N) is 1. The number of carbonyl (C=O) groups excluding carboxylic acids is 1. The highest BCUT2D eigenvalue weighted by Gasteiger charge is 2.09. The van der Waals surface area contributed by atoms with Crippen molar-refractivity contribution in [2.24, 2.45) is 0 Å². The van der Waals surface area contributed by atoms with Crippen LogP contribution in [0.25, 0.3) is 0 Å². The molecule has 1 amide bonds. The number of hydrogen-bond donors (Lipinski definition) is 2. The van der Waals surface area contributed by atoms with Gasteiger partial charge >= 0.3 is 0 Å². The van der Waals surface area contributed by atoms with E-state index in [9.17, 15) is 4.79 Å². The van der Waals surface area contributed by atoms with Gasteiger partial charge in [0, 0.05) is 25.5 Å². The average Bonchev–Trinajstić information content (AvgIpc) is 2.49. The fourth-order valence-corrected chi connectivity index (χ4v) is 2.35. The standard InChI is InChI=1S/C16H17Cl2N3O/c1-21(2)12-8-6-11(7-9-12)19-10-15(22)20-16-13(17)4-3-5-14(16)18/h3-9,19H,10H2,1-2H3,(H,20,22). The molecule has 0 aliphatic rings. The van der Waals surface area contributed by atoms with Gasteiger partial charge in [0.25, 0.3) is 0 Å². The van der Waals surface area contributed by atoms with E-state index in [1.54, 1.807) is 18.2 Å². The quantitative estimate of drug-likeness (QED) is 0.862.